The molecule has 0 saturated carbocycles. The third-order valence-electron chi connectivity index (χ3n) is 15.8. The first-order chi connectivity index (χ1) is 46.7. The van der Waals surface area contributed by atoms with E-state index in [1.807, 2.05) is 0 Å². The minimum Gasteiger partial charge on any atom is -0.462 e. The zero-order valence-electron chi connectivity index (χ0n) is 60.5. The maximum Gasteiger partial charge on any atom is 0.472 e. The van der Waals surface area contributed by atoms with Crippen molar-refractivity contribution >= 4 is 39.5 Å². The summed E-state index contributed by atoms with van der Waals surface area (Å²) in [4.78, 5) is 72.8. The van der Waals surface area contributed by atoms with Gasteiger partial charge in [0.1, 0.15) is 19.3 Å². The van der Waals surface area contributed by atoms with Gasteiger partial charge < -0.3 is 33.8 Å². The molecule has 3 N–H and O–H groups in total. The number of carbonyl (C=O) groups excluding carboxylic acids is 4. The van der Waals surface area contributed by atoms with Crippen LogP contribution in [0.4, 0.5) is 0 Å². The van der Waals surface area contributed by atoms with Gasteiger partial charge in [0.25, 0.3) is 0 Å². The van der Waals surface area contributed by atoms with E-state index >= 15 is 0 Å². The molecule has 0 rings (SSSR count). The fourth-order valence-corrected chi connectivity index (χ4v) is 11.7. The van der Waals surface area contributed by atoms with Crippen LogP contribution in [0, 0.1) is 0 Å². The van der Waals surface area contributed by atoms with E-state index in [0.717, 1.165) is 193 Å². The number of esters is 4. The maximum atomic E-state index is 13.1. The number of rotatable bonds is 71. The quantitative estimate of drug-likeness (QED) is 0.0169. The van der Waals surface area contributed by atoms with Crippen molar-refractivity contribution in [1.82, 2.24) is 0 Å². The summed E-state index contributed by atoms with van der Waals surface area (Å²) in [6.07, 6.45) is 70.0. The van der Waals surface area contributed by atoms with Crippen LogP contribution < -0.4 is 0 Å². The molecule has 0 spiro atoms. The lowest BCUT2D eigenvalue weighted by molar-refractivity contribution is -0.161. The molecule has 0 amide bonds. The van der Waals surface area contributed by atoms with Crippen LogP contribution in [-0.4, -0.2) is 96.7 Å². The number of unbranched alkanes of at least 4 members (excludes halogenated alkanes) is 31. The lowest BCUT2D eigenvalue weighted by Gasteiger charge is -2.21. The number of aliphatic hydroxyl groups excluding tert-OH is 1. The van der Waals surface area contributed by atoms with Gasteiger partial charge in [0.2, 0.25) is 0 Å². The van der Waals surface area contributed by atoms with Crippen LogP contribution in [0.25, 0.3) is 0 Å². The molecular formula is C77H136O17P2. The van der Waals surface area contributed by atoms with E-state index in [1.54, 1.807) is 0 Å². The number of phosphoric acid groups is 2. The van der Waals surface area contributed by atoms with Crippen molar-refractivity contribution in [2.24, 2.45) is 0 Å². The Labute approximate surface area is 583 Å². The van der Waals surface area contributed by atoms with Gasteiger partial charge in [-0.2, -0.15) is 0 Å². The maximum absolute atomic E-state index is 13.1. The summed E-state index contributed by atoms with van der Waals surface area (Å²) in [5, 5.41) is 10.6. The zero-order valence-corrected chi connectivity index (χ0v) is 62.3. The molecule has 0 heterocycles. The van der Waals surface area contributed by atoms with Crippen molar-refractivity contribution in [3.63, 3.8) is 0 Å². The first kappa shape index (κ1) is 92.2. The summed E-state index contributed by atoms with van der Waals surface area (Å²) in [6.45, 7) is 4.62. The Hall–Kier alpha value is -3.76. The molecule has 5 atom stereocenters. The summed E-state index contributed by atoms with van der Waals surface area (Å²) in [7, 11) is -9.95. The van der Waals surface area contributed by atoms with Crippen LogP contribution in [0.15, 0.2) is 85.1 Å². The van der Waals surface area contributed by atoms with Crippen molar-refractivity contribution in [3.8, 4) is 0 Å². The summed E-state index contributed by atoms with van der Waals surface area (Å²) in [5.74, 6) is -2.20. The summed E-state index contributed by atoms with van der Waals surface area (Å²) < 4.78 is 68.4. The molecule has 17 nitrogen and oxygen atoms in total. The molecule has 0 aliphatic heterocycles. The Morgan fingerprint density at radius 2 is 0.562 bits per heavy atom. The molecule has 0 bridgehead atoms. The van der Waals surface area contributed by atoms with Crippen molar-refractivity contribution in [1.29, 1.82) is 0 Å². The molecule has 0 aromatic heterocycles. The number of phosphoric ester groups is 2. The molecule has 96 heavy (non-hydrogen) atoms. The number of hydrogen-bond donors (Lipinski definition) is 3. The van der Waals surface area contributed by atoms with Crippen LogP contribution >= 0.6 is 15.6 Å². The predicted molar refractivity (Wildman–Crippen MR) is 390 cm³/mol. The molecule has 556 valence electrons. The van der Waals surface area contributed by atoms with Crippen LogP contribution in [0.3, 0.4) is 0 Å². The highest BCUT2D eigenvalue weighted by atomic mass is 31.2. The van der Waals surface area contributed by atoms with Gasteiger partial charge in [-0.25, -0.2) is 9.13 Å². The van der Waals surface area contributed by atoms with E-state index in [9.17, 15) is 43.2 Å². The second kappa shape index (κ2) is 69.7. The van der Waals surface area contributed by atoms with Gasteiger partial charge in [-0.15, -0.1) is 0 Å². The highest BCUT2D eigenvalue weighted by Gasteiger charge is 2.30. The molecule has 0 aromatic rings. The number of hydrogen-bond acceptors (Lipinski definition) is 15. The van der Waals surface area contributed by atoms with E-state index in [0.29, 0.717) is 25.7 Å². The van der Waals surface area contributed by atoms with Crippen molar-refractivity contribution in [3.05, 3.63) is 85.1 Å². The Balaban J connectivity index is 5.33. The van der Waals surface area contributed by atoms with E-state index in [2.05, 4.69) is 113 Å². The van der Waals surface area contributed by atoms with Crippen molar-refractivity contribution in [2.45, 2.75) is 341 Å². The second-order valence-electron chi connectivity index (χ2n) is 25.2. The van der Waals surface area contributed by atoms with Gasteiger partial charge >= 0.3 is 39.5 Å². The Kier molecular flexibility index (Phi) is 67.0. The summed E-state index contributed by atoms with van der Waals surface area (Å²) in [6, 6.07) is 0. The summed E-state index contributed by atoms with van der Waals surface area (Å²) in [5.41, 5.74) is 0. The van der Waals surface area contributed by atoms with E-state index < -0.39 is 97.5 Å². The molecule has 19 heteroatoms. The highest BCUT2D eigenvalue weighted by Crippen LogP contribution is 2.45. The zero-order chi connectivity index (χ0) is 70.4. The number of allylic oxidation sites excluding steroid dienone is 14. The Bertz CT molecular complexity index is 2160. The average molecular weight is 1400 g/mol. The van der Waals surface area contributed by atoms with E-state index in [1.165, 1.54) is 51.4 Å². The van der Waals surface area contributed by atoms with Gasteiger partial charge in [0.05, 0.1) is 26.4 Å². The molecule has 0 fully saturated rings. The first-order valence-electron chi connectivity index (χ1n) is 37.8. The van der Waals surface area contributed by atoms with Crippen LogP contribution in [0.2, 0.25) is 0 Å². The predicted octanol–water partition coefficient (Wildman–Crippen LogP) is 21.4. The number of carbonyl (C=O) groups is 4. The smallest absolute Gasteiger partial charge is 0.462 e. The second-order valence-corrected chi connectivity index (χ2v) is 28.1. The van der Waals surface area contributed by atoms with Gasteiger partial charge in [-0.05, 0) is 109 Å². The van der Waals surface area contributed by atoms with Crippen molar-refractivity contribution < 1.29 is 80.2 Å². The minimum atomic E-state index is -4.97. The number of aliphatic hydroxyl groups is 1. The monoisotopic (exact) mass is 1390 g/mol. The van der Waals surface area contributed by atoms with E-state index in [4.69, 9.17) is 37.0 Å². The minimum absolute atomic E-state index is 0.0771. The van der Waals surface area contributed by atoms with Crippen molar-refractivity contribution in [2.75, 3.05) is 39.6 Å². The molecule has 0 aliphatic rings. The normalized spacial score (nSPS) is 14.4. The lowest BCUT2D eigenvalue weighted by atomic mass is 10.0. The first-order valence-corrected chi connectivity index (χ1v) is 40.8. The van der Waals surface area contributed by atoms with Crippen LogP contribution in [-0.2, 0) is 65.4 Å². The van der Waals surface area contributed by atoms with Gasteiger partial charge in [-0.3, -0.25) is 37.3 Å². The highest BCUT2D eigenvalue weighted by molar-refractivity contribution is 7.47. The average Bonchev–Trinajstić information content (AvgIpc) is 3.12. The largest absolute Gasteiger partial charge is 0.472 e. The molecule has 0 aromatic carbocycles. The van der Waals surface area contributed by atoms with Gasteiger partial charge in [-0.1, -0.05) is 273 Å². The molecule has 0 saturated heterocycles. The molecule has 0 radical (unpaired) electrons. The van der Waals surface area contributed by atoms with Crippen LogP contribution in [0.5, 0.6) is 0 Å². The van der Waals surface area contributed by atoms with E-state index in [-0.39, 0.29) is 25.7 Å². The topological polar surface area (TPSA) is 237 Å². The SMILES string of the molecule is CC/C=C\C/C=C\C/C=C\CCCCCCCCCC(=O)OCC(COP(=O)(O)OCC(O)COP(=O)(O)OCC(COC(=O)CCCCCCC/C=C\C/C=C\CCC)OC(=O)CCCCCCC/C=C\C/C=C\CCC)OC(=O)CCCCCCCCCCCCCCC. The standard InChI is InChI=1S/C77H136O17P2/c1-5-9-13-17-21-25-29-33-34-35-36-40-42-46-50-54-58-62-75(80)88-68-73(94-77(82)64-60-56-52-48-44-39-32-28-24-20-16-12-8-4)70-92-96(85,86)90-66-71(78)65-89-95(83,84)91-69-72(93-76(81)63-59-55-51-47-43-38-31-27-23-19-15-11-7-3)67-87-74(79)61-57-53-49-45-41-37-30-26-22-18-14-10-6-2/h9,13-15,18-19,21,25-27,30-31,33-34,71-73,78H,5-8,10-12,16-17,20,22-24,28-29,32,35-70H2,1-4H3,(H,83,84)(H,85,86)/b13-9-,18-14-,19-15-,25-21-,30-26-,31-27-,34-33-. The fraction of sp³-hybridized carbons (Fsp3) is 0.766. The third kappa shape index (κ3) is 68.8. The lowest BCUT2D eigenvalue weighted by Crippen LogP contribution is -2.30. The Morgan fingerprint density at radius 3 is 0.875 bits per heavy atom. The molecule has 5 unspecified atom stereocenters. The van der Waals surface area contributed by atoms with Gasteiger partial charge in [0, 0.05) is 25.7 Å². The van der Waals surface area contributed by atoms with Gasteiger partial charge in [0.15, 0.2) is 12.2 Å². The fourth-order valence-electron chi connectivity index (χ4n) is 10.1. The summed E-state index contributed by atoms with van der Waals surface area (Å²) >= 11 is 0. The van der Waals surface area contributed by atoms with Crippen LogP contribution in [0.1, 0.15) is 323 Å². The molecular weight excluding hydrogens is 1260 g/mol. The Morgan fingerprint density at radius 1 is 0.302 bits per heavy atom. The number of ether oxygens (including phenoxy) is 4. The molecule has 0 aliphatic carbocycles. The third-order valence-corrected chi connectivity index (χ3v) is 17.7.